The quantitative estimate of drug-likeness (QED) is 0.777. The Balaban J connectivity index is 2.46. The number of aryl methyl sites for hydroxylation is 1. The van der Waals surface area contributed by atoms with Crippen molar-refractivity contribution < 1.29 is 4.79 Å². The van der Waals surface area contributed by atoms with E-state index in [1.54, 1.807) is 6.07 Å². The predicted octanol–water partition coefficient (Wildman–Crippen LogP) is 2.62. The van der Waals surface area contributed by atoms with Crippen LogP contribution in [0.25, 0.3) is 0 Å². The van der Waals surface area contributed by atoms with Gasteiger partial charge >= 0.3 is 0 Å². The number of benzene rings is 1. The highest BCUT2D eigenvalue weighted by Crippen LogP contribution is 2.30. The number of alkyl halides is 1. The largest absolute Gasteiger partial charge is 0.325 e. The van der Waals surface area contributed by atoms with E-state index >= 15 is 0 Å². The minimum atomic E-state index is 0.0260. The Bertz CT molecular complexity index is 390. The van der Waals surface area contributed by atoms with Gasteiger partial charge < -0.3 is 5.32 Å². The van der Waals surface area contributed by atoms with Crippen molar-refractivity contribution in [3.05, 3.63) is 28.3 Å². The summed E-state index contributed by atoms with van der Waals surface area (Å²) in [5.74, 6) is 0.569. The second-order valence-electron chi connectivity index (χ2n) is 3.25. The van der Waals surface area contributed by atoms with Gasteiger partial charge in [0.1, 0.15) is 0 Å². The van der Waals surface area contributed by atoms with E-state index in [9.17, 15) is 4.79 Å². The maximum atomic E-state index is 11.2. The molecule has 0 atom stereocenters. The first kappa shape index (κ1) is 9.81. The first-order chi connectivity index (χ1) is 6.70. The number of anilines is 1. The van der Waals surface area contributed by atoms with Gasteiger partial charge in [0.05, 0.1) is 6.42 Å². The van der Waals surface area contributed by atoms with Crippen LogP contribution >= 0.6 is 23.2 Å². The number of nitrogens with one attached hydrogen (secondary N) is 1. The van der Waals surface area contributed by atoms with Gasteiger partial charge in [-0.1, -0.05) is 11.6 Å². The van der Waals surface area contributed by atoms with Crippen LogP contribution in [-0.4, -0.2) is 11.8 Å². The number of carbonyl (C=O) groups excluding carboxylic acids is 1. The molecule has 74 valence electrons. The van der Waals surface area contributed by atoms with E-state index in [0.717, 1.165) is 23.2 Å². The molecule has 0 unspecified atom stereocenters. The van der Waals surface area contributed by atoms with Gasteiger partial charge in [0.2, 0.25) is 5.91 Å². The molecular weight excluding hydrogens is 221 g/mol. The van der Waals surface area contributed by atoms with E-state index in [1.165, 1.54) is 0 Å². The highest BCUT2D eigenvalue weighted by molar-refractivity contribution is 6.31. The molecule has 1 aromatic carbocycles. The van der Waals surface area contributed by atoms with Crippen LogP contribution in [0.4, 0.5) is 5.69 Å². The number of hydrogen-bond donors (Lipinski definition) is 1. The lowest BCUT2D eigenvalue weighted by Gasteiger charge is -2.06. The molecule has 0 saturated carbocycles. The molecule has 0 spiro atoms. The molecule has 0 radical (unpaired) electrons. The summed E-state index contributed by atoms with van der Waals surface area (Å²) in [6, 6.07) is 3.66. The molecule has 0 bridgehead atoms. The van der Waals surface area contributed by atoms with Crippen molar-refractivity contribution >= 4 is 34.8 Å². The fraction of sp³-hybridized carbons (Fsp3) is 0.300. The molecule has 0 aromatic heterocycles. The van der Waals surface area contributed by atoms with E-state index < -0.39 is 0 Å². The first-order valence-electron chi connectivity index (χ1n) is 4.38. The normalized spacial score (nSPS) is 14.0. The molecule has 1 heterocycles. The van der Waals surface area contributed by atoms with E-state index in [4.69, 9.17) is 23.2 Å². The Morgan fingerprint density at radius 2 is 2.21 bits per heavy atom. The van der Waals surface area contributed by atoms with Crippen molar-refractivity contribution in [1.29, 1.82) is 0 Å². The molecule has 2 nitrogen and oxygen atoms in total. The Morgan fingerprint density at radius 3 is 2.93 bits per heavy atom. The zero-order valence-electron chi connectivity index (χ0n) is 7.44. The van der Waals surface area contributed by atoms with E-state index in [2.05, 4.69) is 5.32 Å². The molecule has 1 aliphatic rings. The van der Waals surface area contributed by atoms with Crippen molar-refractivity contribution in [3.8, 4) is 0 Å². The fourth-order valence-corrected chi connectivity index (χ4v) is 2.14. The summed E-state index contributed by atoms with van der Waals surface area (Å²) in [6.07, 6.45) is 1.19. The van der Waals surface area contributed by atoms with Gasteiger partial charge in [0.25, 0.3) is 0 Å². The number of halogens is 2. The summed E-state index contributed by atoms with van der Waals surface area (Å²) >= 11 is 11.6. The number of hydrogen-bond acceptors (Lipinski definition) is 1. The van der Waals surface area contributed by atoms with Gasteiger partial charge in [-0.3, -0.25) is 4.79 Å². The van der Waals surface area contributed by atoms with Crippen molar-refractivity contribution in [3.63, 3.8) is 0 Å². The zero-order valence-corrected chi connectivity index (χ0v) is 8.95. The molecule has 2 rings (SSSR count). The van der Waals surface area contributed by atoms with E-state index in [0.29, 0.717) is 17.3 Å². The molecule has 1 aromatic rings. The molecule has 0 fully saturated rings. The number of carbonyl (C=O) groups is 1. The summed E-state index contributed by atoms with van der Waals surface area (Å²) in [6.45, 7) is 0. The highest BCUT2D eigenvalue weighted by atomic mass is 35.5. The van der Waals surface area contributed by atoms with Gasteiger partial charge in [-0.05, 0) is 29.7 Å². The van der Waals surface area contributed by atoms with Gasteiger partial charge in [0.15, 0.2) is 0 Å². The Labute approximate surface area is 92.2 Å². The lowest BCUT2D eigenvalue weighted by atomic mass is 10.0. The molecule has 14 heavy (non-hydrogen) atoms. The van der Waals surface area contributed by atoms with Gasteiger partial charge in [0, 0.05) is 16.6 Å². The van der Waals surface area contributed by atoms with Gasteiger partial charge in [-0.2, -0.15) is 0 Å². The van der Waals surface area contributed by atoms with Gasteiger partial charge in [-0.15, -0.1) is 11.6 Å². The second-order valence-corrected chi connectivity index (χ2v) is 4.07. The molecule has 1 aliphatic heterocycles. The average molecular weight is 230 g/mol. The summed E-state index contributed by atoms with van der Waals surface area (Å²) in [5, 5.41) is 3.42. The Morgan fingerprint density at radius 1 is 1.43 bits per heavy atom. The summed E-state index contributed by atoms with van der Waals surface area (Å²) < 4.78 is 0. The summed E-state index contributed by atoms with van der Waals surface area (Å²) in [7, 11) is 0. The molecule has 1 N–H and O–H groups in total. The Hall–Kier alpha value is -0.730. The van der Waals surface area contributed by atoms with Crippen molar-refractivity contribution in [1.82, 2.24) is 0 Å². The number of rotatable bonds is 2. The average Bonchev–Trinajstić information content (AvgIpc) is 2.45. The number of amides is 1. The molecular formula is C10H9Cl2NO. The van der Waals surface area contributed by atoms with Crippen LogP contribution < -0.4 is 5.32 Å². The monoisotopic (exact) mass is 229 g/mol. The minimum Gasteiger partial charge on any atom is -0.325 e. The van der Waals surface area contributed by atoms with Crippen LogP contribution in [0.5, 0.6) is 0 Å². The summed E-state index contributed by atoms with van der Waals surface area (Å²) in [5.41, 5.74) is 2.95. The third-order valence-corrected chi connectivity index (χ3v) is 2.69. The van der Waals surface area contributed by atoms with Crippen LogP contribution in [0.1, 0.15) is 11.1 Å². The zero-order chi connectivity index (χ0) is 10.1. The highest BCUT2D eigenvalue weighted by Gasteiger charge is 2.20. The van der Waals surface area contributed by atoms with Crippen molar-refractivity contribution in [2.24, 2.45) is 0 Å². The molecule has 0 aliphatic carbocycles. The molecule has 0 saturated heterocycles. The third-order valence-electron chi connectivity index (χ3n) is 2.28. The SMILES string of the molecule is O=C1Cc2c(CCCl)cc(Cl)cc2N1. The maximum Gasteiger partial charge on any atom is 0.228 e. The van der Waals surface area contributed by atoms with Crippen LogP contribution in [-0.2, 0) is 17.6 Å². The Kier molecular flexibility index (Phi) is 2.66. The second kappa shape index (κ2) is 3.79. The van der Waals surface area contributed by atoms with Crippen molar-refractivity contribution in [2.45, 2.75) is 12.8 Å². The van der Waals surface area contributed by atoms with Crippen LogP contribution in [0, 0.1) is 0 Å². The predicted molar refractivity (Wildman–Crippen MR) is 58.2 cm³/mol. The topological polar surface area (TPSA) is 29.1 Å². The minimum absolute atomic E-state index is 0.0260. The van der Waals surface area contributed by atoms with Gasteiger partial charge in [-0.25, -0.2) is 0 Å². The number of fused-ring (bicyclic) bond motifs is 1. The van der Waals surface area contributed by atoms with Crippen LogP contribution in [0.3, 0.4) is 0 Å². The molecule has 4 heteroatoms. The lowest BCUT2D eigenvalue weighted by Crippen LogP contribution is -2.03. The van der Waals surface area contributed by atoms with E-state index in [1.807, 2.05) is 6.07 Å². The first-order valence-corrected chi connectivity index (χ1v) is 5.29. The smallest absolute Gasteiger partial charge is 0.228 e. The van der Waals surface area contributed by atoms with Crippen LogP contribution in [0.2, 0.25) is 5.02 Å². The van der Waals surface area contributed by atoms with Crippen LogP contribution in [0.15, 0.2) is 12.1 Å². The lowest BCUT2D eigenvalue weighted by molar-refractivity contribution is -0.115. The van der Waals surface area contributed by atoms with Crippen molar-refractivity contribution in [2.75, 3.05) is 11.2 Å². The summed E-state index contributed by atoms with van der Waals surface area (Å²) in [4.78, 5) is 11.2. The standard InChI is InChI=1S/C10H9Cl2NO/c11-2-1-6-3-7(12)4-9-8(6)5-10(14)13-9/h3-4H,1-2,5H2,(H,13,14). The maximum absolute atomic E-state index is 11.2. The molecule has 1 amide bonds. The van der Waals surface area contributed by atoms with E-state index in [-0.39, 0.29) is 5.91 Å². The third kappa shape index (κ3) is 1.72. The fourth-order valence-electron chi connectivity index (χ4n) is 1.69.